The Morgan fingerprint density at radius 3 is 2.44 bits per heavy atom. The van der Waals surface area contributed by atoms with E-state index in [1.165, 1.54) is 22.3 Å². The fourth-order valence-corrected chi connectivity index (χ4v) is 2.97. The van der Waals surface area contributed by atoms with Crippen LogP contribution >= 0.6 is 0 Å². The van der Waals surface area contributed by atoms with Crippen molar-refractivity contribution >= 4 is 5.97 Å². The van der Waals surface area contributed by atoms with E-state index in [-0.39, 0.29) is 6.04 Å². The smallest absolute Gasteiger partial charge is 0.320 e. The Morgan fingerprint density at radius 1 is 1.33 bits per heavy atom. The van der Waals surface area contributed by atoms with Crippen molar-refractivity contribution in [1.82, 2.24) is 5.32 Å². The summed E-state index contributed by atoms with van der Waals surface area (Å²) in [5, 5.41) is 12.1. The van der Waals surface area contributed by atoms with Crippen LogP contribution in [0, 0.1) is 26.7 Å². The van der Waals surface area contributed by atoms with Crippen LogP contribution in [0.15, 0.2) is 12.1 Å². The lowest BCUT2D eigenvalue weighted by atomic mass is 9.90. The summed E-state index contributed by atoms with van der Waals surface area (Å²) in [4.78, 5) is 10.9. The number of hydrogen-bond acceptors (Lipinski definition) is 2. The van der Waals surface area contributed by atoms with Gasteiger partial charge in [-0.25, -0.2) is 0 Å². The molecule has 1 fully saturated rings. The molecule has 0 aromatic heterocycles. The third kappa shape index (κ3) is 2.72. The van der Waals surface area contributed by atoms with E-state index in [0.29, 0.717) is 5.92 Å². The molecule has 0 bridgehead atoms. The average Bonchev–Trinajstić information content (AvgIpc) is 2.71. The summed E-state index contributed by atoms with van der Waals surface area (Å²) in [5.41, 5.74) is 5.33. The molecule has 3 nitrogen and oxygen atoms in total. The highest BCUT2D eigenvalue weighted by Crippen LogP contribution is 2.24. The maximum absolute atomic E-state index is 10.9. The van der Waals surface area contributed by atoms with Gasteiger partial charge in [-0.15, -0.1) is 0 Å². The Bertz CT molecular complexity index is 445. The third-order valence-electron chi connectivity index (χ3n) is 3.85. The first-order valence-corrected chi connectivity index (χ1v) is 6.50. The number of carboxylic acids is 1. The van der Waals surface area contributed by atoms with Crippen LogP contribution in [0.2, 0.25) is 0 Å². The van der Waals surface area contributed by atoms with E-state index in [9.17, 15) is 4.79 Å². The fourth-order valence-electron chi connectivity index (χ4n) is 2.97. The number of aryl methyl sites for hydroxylation is 3. The molecule has 2 N–H and O–H groups in total. The van der Waals surface area contributed by atoms with Crippen molar-refractivity contribution < 1.29 is 9.90 Å². The average molecular weight is 247 g/mol. The topological polar surface area (TPSA) is 49.3 Å². The minimum absolute atomic E-state index is 0.360. The summed E-state index contributed by atoms with van der Waals surface area (Å²) in [6.07, 6.45) is 1.72. The van der Waals surface area contributed by atoms with E-state index in [1.807, 2.05) is 0 Å². The molecule has 1 aliphatic rings. The van der Waals surface area contributed by atoms with Crippen LogP contribution in [0.5, 0.6) is 0 Å². The van der Waals surface area contributed by atoms with Gasteiger partial charge in [0.05, 0.1) is 0 Å². The highest BCUT2D eigenvalue weighted by molar-refractivity contribution is 5.73. The quantitative estimate of drug-likeness (QED) is 0.861. The second-order valence-corrected chi connectivity index (χ2v) is 5.48. The van der Waals surface area contributed by atoms with Crippen molar-refractivity contribution in [3.8, 4) is 0 Å². The van der Waals surface area contributed by atoms with E-state index >= 15 is 0 Å². The number of carboxylic acid groups (broad SMARTS) is 1. The van der Waals surface area contributed by atoms with Gasteiger partial charge in [-0.3, -0.25) is 4.79 Å². The molecule has 1 aromatic carbocycles. The summed E-state index contributed by atoms with van der Waals surface area (Å²) < 4.78 is 0. The van der Waals surface area contributed by atoms with Gasteiger partial charge in [0.25, 0.3) is 0 Å². The monoisotopic (exact) mass is 247 g/mol. The first-order chi connectivity index (χ1) is 8.47. The Balaban J connectivity index is 2.09. The Morgan fingerprint density at radius 2 is 1.94 bits per heavy atom. The number of hydrogen-bond donors (Lipinski definition) is 2. The highest BCUT2D eigenvalue weighted by Gasteiger charge is 2.29. The molecule has 2 atom stereocenters. The van der Waals surface area contributed by atoms with E-state index in [2.05, 4.69) is 38.2 Å². The molecule has 18 heavy (non-hydrogen) atoms. The summed E-state index contributed by atoms with van der Waals surface area (Å²) in [7, 11) is 0. The van der Waals surface area contributed by atoms with Gasteiger partial charge in [0, 0.05) is 0 Å². The standard InChI is InChI=1S/C15H21NO2/c1-9-4-10(2)13(11(3)5-9)6-12-7-14(15(17)18)16-8-12/h4-5,12,14,16H,6-8H2,1-3H3,(H,17,18)/t12-,14+/m1/s1. The zero-order valence-corrected chi connectivity index (χ0v) is 11.3. The second-order valence-electron chi connectivity index (χ2n) is 5.48. The zero-order chi connectivity index (χ0) is 13.3. The molecule has 1 heterocycles. The van der Waals surface area contributed by atoms with E-state index < -0.39 is 5.97 Å². The van der Waals surface area contributed by atoms with Gasteiger partial charge in [0.1, 0.15) is 6.04 Å². The Hall–Kier alpha value is -1.35. The molecule has 0 spiro atoms. The van der Waals surface area contributed by atoms with Crippen LogP contribution in [-0.4, -0.2) is 23.7 Å². The first kappa shape index (κ1) is 13.1. The summed E-state index contributed by atoms with van der Waals surface area (Å²) in [6, 6.07) is 4.06. The largest absolute Gasteiger partial charge is 0.480 e. The minimum Gasteiger partial charge on any atom is -0.480 e. The molecular weight excluding hydrogens is 226 g/mol. The van der Waals surface area contributed by atoms with E-state index in [0.717, 1.165) is 19.4 Å². The second kappa shape index (κ2) is 5.11. The van der Waals surface area contributed by atoms with Gasteiger partial charge >= 0.3 is 5.97 Å². The molecule has 0 amide bonds. The van der Waals surface area contributed by atoms with Crippen LogP contribution in [0.3, 0.4) is 0 Å². The zero-order valence-electron chi connectivity index (χ0n) is 11.3. The number of aliphatic carboxylic acids is 1. The third-order valence-corrected chi connectivity index (χ3v) is 3.85. The van der Waals surface area contributed by atoms with Crippen LogP contribution in [0.1, 0.15) is 28.7 Å². The summed E-state index contributed by atoms with van der Waals surface area (Å²) in [5.74, 6) is -0.291. The van der Waals surface area contributed by atoms with Crippen LogP contribution in [-0.2, 0) is 11.2 Å². The van der Waals surface area contributed by atoms with Crippen molar-refractivity contribution in [2.24, 2.45) is 5.92 Å². The predicted molar refractivity (Wildman–Crippen MR) is 71.9 cm³/mol. The summed E-state index contributed by atoms with van der Waals surface area (Å²) >= 11 is 0. The molecular formula is C15H21NO2. The fraction of sp³-hybridized carbons (Fsp3) is 0.533. The van der Waals surface area contributed by atoms with Crippen molar-refractivity contribution in [1.29, 1.82) is 0 Å². The molecule has 1 aromatic rings. The van der Waals surface area contributed by atoms with Crippen molar-refractivity contribution in [3.05, 3.63) is 34.4 Å². The molecule has 0 unspecified atom stereocenters. The Kier molecular flexibility index (Phi) is 3.71. The molecule has 1 aliphatic heterocycles. The first-order valence-electron chi connectivity index (χ1n) is 6.50. The normalized spacial score (nSPS) is 23.3. The number of carbonyl (C=O) groups is 1. The number of benzene rings is 1. The molecule has 98 valence electrons. The lowest BCUT2D eigenvalue weighted by molar-refractivity contribution is -0.139. The summed E-state index contributed by atoms with van der Waals surface area (Å²) in [6.45, 7) is 7.21. The van der Waals surface area contributed by atoms with Gasteiger partial charge in [0.2, 0.25) is 0 Å². The van der Waals surface area contributed by atoms with Gasteiger partial charge < -0.3 is 10.4 Å². The van der Waals surface area contributed by atoms with Gasteiger partial charge in [-0.2, -0.15) is 0 Å². The minimum atomic E-state index is -0.727. The highest BCUT2D eigenvalue weighted by atomic mass is 16.4. The molecule has 0 aliphatic carbocycles. The molecule has 3 heteroatoms. The van der Waals surface area contributed by atoms with Crippen LogP contribution in [0.25, 0.3) is 0 Å². The van der Waals surface area contributed by atoms with Crippen LogP contribution < -0.4 is 5.32 Å². The van der Waals surface area contributed by atoms with E-state index in [1.54, 1.807) is 0 Å². The molecule has 0 radical (unpaired) electrons. The lowest BCUT2D eigenvalue weighted by Crippen LogP contribution is -2.29. The number of nitrogens with one attached hydrogen (secondary N) is 1. The molecule has 0 saturated carbocycles. The van der Waals surface area contributed by atoms with Gasteiger partial charge in [0.15, 0.2) is 0 Å². The van der Waals surface area contributed by atoms with Crippen molar-refractivity contribution in [2.75, 3.05) is 6.54 Å². The number of rotatable bonds is 3. The SMILES string of the molecule is Cc1cc(C)c(C[C@H]2CN[C@H](C(=O)O)C2)c(C)c1. The van der Waals surface area contributed by atoms with Crippen molar-refractivity contribution in [3.63, 3.8) is 0 Å². The Labute approximate surface area is 108 Å². The molecule has 2 rings (SSSR count). The van der Waals surface area contributed by atoms with E-state index in [4.69, 9.17) is 5.11 Å². The maximum Gasteiger partial charge on any atom is 0.320 e. The van der Waals surface area contributed by atoms with Gasteiger partial charge in [-0.05, 0) is 62.8 Å². The molecule has 1 saturated heterocycles. The maximum atomic E-state index is 10.9. The predicted octanol–water partition coefficient (Wildman–Crippen LogP) is 2.22. The lowest BCUT2D eigenvalue weighted by Gasteiger charge is -2.15. The van der Waals surface area contributed by atoms with Gasteiger partial charge in [-0.1, -0.05) is 17.7 Å². The van der Waals surface area contributed by atoms with Crippen LogP contribution in [0.4, 0.5) is 0 Å². The van der Waals surface area contributed by atoms with Crippen molar-refractivity contribution in [2.45, 2.75) is 39.7 Å².